The molecule has 1 aromatic carbocycles. The predicted octanol–water partition coefficient (Wildman–Crippen LogP) is 2.84. The standard InChI is InChI=1S/C12H11F3N2O/c1-16-9-3-6(5-18-2)17-12-10(9)7(13)4-8(14)11(12)15/h3-4H,5H2,1-2H3,(H,16,17). The molecule has 0 unspecified atom stereocenters. The van der Waals surface area contributed by atoms with Crippen LogP contribution in [0, 0.1) is 17.5 Å². The SMILES string of the molecule is CNc1cc(COC)nc2c(F)c(F)cc(F)c12. The molecule has 2 aromatic rings. The number of hydrogen-bond donors (Lipinski definition) is 1. The van der Waals surface area contributed by atoms with E-state index in [1.807, 2.05) is 0 Å². The number of anilines is 1. The Morgan fingerprint density at radius 3 is 2.56 bits per heavy atom. The second kappa shape index (κ2) is 4.81. The Morgan fingerprint density at radius 1 is 1.22 bits per heavy atom. The number of halogens is 3. The molecule has 3 nitrogen and oxygen atoms in total. The highest BCUT2D eigenvalue weighted by molar-refractivity contribution is 5.92. The first-order chi connectivity index (χ1) is 8.58. The van der Waals surface area contributed by atoms with Crippen LogP contribution in [0.5, 0.6) is 0 Å². The van der Waals surface area contributed by atoms with E-state index in [1.165, 1.54) is 13.2 Å². The number of pyridine rings is 1. The average Bonchev–Trinajstić information content (AvgIpc) is 2.35. The monoisotopic (exact) mass is 256 g/mol. The van der Waals surface area contributed by atoms with Gasteiger partial charge in [0.15, 0.2) is 11.6 Å². The zero-order valence-corrected chi connectivity index (χ0v) is 9.85. The fraction of sp³-hybridized carbons (Fsp3) is 0.250. The van der Waals surface area contributed by atoms with Gasteiger partial charge in [-0.05, 0) is 6.07 Å². The molecule has 0 aliphatic rings. The lowest BCUT2D eigenvalue weighted by Gasteiger charge is -2.10. The number of methoxy groups -OCH3 is 1. The van der Waals surface area contributed by atoms with Gasteiger partial charge in [-0.25, -0.2) is 18.2 Å². The summed E-state index contributed by atoms with van der Waals surface area (Å²) in [6, 6.07) is 2.04. The molecule has 1 aromatic heterocycles. The maximum Gasteiger partial charge on any atom is 0.185 e. The molecule has 1 N–H and O–H groups in total. The molecule has 0 radical (unpaired) electrons. The molecule has 96 valence electrons. The molecule has 0 spiro atoms. The van der Waals surface area contributed by atoms with Crippen molar-refractivity contribution in [2.75, 3.05) is 19.5 Å². The number of ether oxygens (including phenoxy) is 1. The summed E-state index contributed by atoms with van der Waals surface area (Å²) >= 11 is 0. The lowest BCUT2D eigenvalue weighted by Crippen LogP contribution is -2.02. The third-order valence-electron chi connectivity index (χ3n) is 2.54. The summed E-state index contributed by atoms with van der Waals surface area (Å²) in [6.45, 7) is 0.127. The number of aromatic nitrogens is 1. The van der Waals surface area contributed by atoms with Gasteiger partial charge in [-0.3, -0.25) is 0 Å². The highest BCUT2D eigenvalue weighted by Crippen LogP contribution is 2.29. The van der Waals surface area contributed by atoms with Crippen LogP contribution in [0.2, 0.25) is 0 Å². The molecule has 0 aliphatic heterocycles. The highest BCUT2D eigenvalue weighted by Gasteiger charge is 2.17. The first kappa shape index (κ1) is 12.6. The van der Waals surface area contributed by atoms with Crippen molar-refractivity contribution in [1.29, 1.82) is 0 Å². The van der Waals surface area contributed by atoms with Crippen molar-refractivity contribution in [2.45, 2.75) is 6.61 Å². The van der Waals surface area contributed by atoms with E-state index < -0.39 is 17.5 Å². The van der Waals surface area contributed by atoms with E-state index in [0.29, 0.717) is 17.4 Å². The predicted molar refractivity (Wildman–Crippen MR) is 61.9 cm³/mol. The molecule has 0 saturated carbocycles. The van der Waals surface area contributed by atoms with Crippen molar-refractivity contribution in [3.05, 3.63) is 35.3 Å². The third kappa shape index (κ3) is 1.99. The van der Waals surface area contributed by atoms with Crippen LogP contribution >= 0.6 is 0 Å². The normalized spacial score (nSPS) is 10.9. The minimum absolute atomic E-state index is 0.0729. The van der Waals surface area contributed by atoms with Crippen molar-refractivity contribution in [3.8, 4) is 0 Å². The quantitative estimate of drug-likeness (QED) is 0.857. The fourth-order valence-corrected chi connectivity index (χ4v) is 1.78. The van der Waals surface area contributed by atoms with Gasteiger partial charge in [0.05, 0.1) is 17.7 Å². The largest absolute Gasteiger partial charge is 0.387 e. The molecular weight excluding hydrogens is 245 g/mol. The Labute approximate surface area is 102 Å². The third-order valence-corrected chi connectivity index (χ3v) is 2.54. The minimum Gasteiger partial charge on any atom is -0.387 e. The summed E-state index contributed by atoms with van der Waals surface area (Å²) in [5.41, 5.74) is 0.383. The first-order valence-corrected chi connectivity index (χ1v) is 5.22. The average molecular weight is 256 g/mol. The van der Waals surface area contributed by atoms with Gasteiger partial charge < -0.3 is 10.1 Å². The molecule has 0 amide bonds. The zero-order chi connectivity index (χ0) is 13.3. The van der Waals surface area contributed by atoms with E-state index in [4.69, 9.17) is 4.74 Å². The summed E-state index contributed by atoms with van der Waals surface area (Å²) in [5, 5.41) is 2.66. The van der Waals surface area contributed by atoms with Gasteiger partial charge in [-0.1, -0.05) is 0 Å². The van der Waals surface area contributed by atoms with E-state index >= 15 is 0 Å². The van der Waals surface area contributed by atoms with Crippen LogP contribution in [0.25, 0.3) is 10.9 Å². The second-order valence-electron chi connectivity index (χ2n) is 3.72. The molecule has 0 saturated heterocycles. The molecule has 6 heteroatoms. The van der Waals surface area contributed by atoms with Crippen LogP contribution in [-0.4, -0.2) is 19.1 Å². The van der Waals surface area contributed by atoms with E-state index in [9.17, 15) is 13.2 Å². The van der Waals surface area contributed by atoms with Gasteiger partial charge in [0.2, 0.25) is 0 Å². The van der Waals surface area contributed by atoms with Crippen LogP contribution in [-0.2, 0) is 11.3 Å². The van der Waals surface area contributed by atoms with Crippen LogP contribution in [0.15, 0.2) is 12.1 Å². The number of rotatable bonds is 3. The van der Waals surface area contributed by atoms with E-state index in [-0.39, 0.29) is 17.5 Å². The minimum atomic E-state index is -1.26. The molecule has 2 rings (SSSR count). The maximum absolute atomic E-state index is 13.7. The molecule has 18 heavy (non-hydrogen) atoms. The van der Waals surface area contributed by atoms with Gasteiger partial charge >= 0.3 is 0 Å². The van der Waals surface area contributed by atoms with Crippen molar-refractivity contribution >= 4 is 16.6 Å². The highest BCUT2D eigenvalue weighted by atomic mass is 19.2. The van der Waals surface area contributed by atoms with Crippen molar-refractivity contribution < 1.29 is 17.9 Å². The lowest BCUT2D eigenvalue weighted by molar-refractivity contribution is 0.182. The fourth-order valence-electron chi connectivity index (χ4n) is 1.78. The van der Waals surface area contributed by atoms with Crippen LogP contribution in [0.3, 0.4) is 0 Å². The van der Waals surface area contributed by atoms with Crippen molar-refractivity contribution in [1.82, 2.24) is 4.98 Å². The summed E-state index contributed by atoms with van der Waals surface area (Å²) in [6.07, 6.45) is 0. The van der Waals surface area contributed by atoms with Crippen LogP contribution in [0.1, 0.15) is 5.69 Å². The summed E-state index contributed by atoms with van der Waals surface area (Å²) in [4.78, 5) is 3.87. The molecule has 0 atom stereocenters. The summed E-state index contributed by atoms with van der Waals surface area (Å²) < 4.78 is 45.3. The Bertz CT molecular complexity index is 602. The molecular formula is C12H11F3N2O. The maximum atomic E-state index is 13.7. The smallest absolute Gasteiger partial charge is 0.185 e. The Hall–Kier alpha value is -1.82. The van der Waals surface area contributed by atoms with Crippen LogP contribution < -0.4 is 5.32 Å². The van der Waals surface area contributed by atoms with Gasteiger partial charge in [0, 0.05) is 25.9 Å². The van der Waals surface area contributed by atoms with Gasteiger partial charge in [0.25, 0.3) is 0 Å². The molecule has 0 aliphatic carbocycles. The topological polar surface area (TPSA) is 34.1 Å². The summed E-state index contributed by atoms with van der Waals surface area (Å²) in [7, 11) is 3.01. The first-order valence-electron chi connectivity index (χ1n) is 5.22. The number of hydrogen-bond acceptors (Lipinski definition) is 3. The van der Waals surface area contributed by atoms with Gasteiger partial charge in [-0.2, -0.15) is 0 Å². The van der Waals surface area contributed by atoms with Crippen LogP contribution in [0.4, 0.5) is 18.9 Å². The molecule has 0 bridgehead atoms. The van der Waals surface area contributed by atoms with E-state index in [1.54, 1.807) is 7.05 Å². The Balaban J connectivity index is 2.83. The molecule has 0 fully saturated rings. The van der Waals surface area contributed by atoms with Gasteiger partial charge in [-0.15, -0.1) is 0 Å². The van der Waals surface area contributed by atoms with E-state index in [2.05, 4.69) is 10.3 Å². The Morgan fingerprint density at radius 2 is 1.94 bits per heavy atom. The molecule has 1 heterocycles. The second-order valence-corrected chi connectivity index (χ2v) is 3.72. The number of fused-ring (bicyclic) bond motifs is 1. The lowest BCUT2D eigenvalue weighted by atomic mass is 10.1. The Kier molecular flexibility index (Phi) is 3.38. The number of nitrogens with one attached hydrogen (secondary N) is 1. The number of nitrogens with zero attached hydrogens (tertiary/aromatic N) is 1. The van der Waals surface area contributed by atoms with Crippen molar-refractivity contribution in [3.63, 3.8) is 0 Å². The van der Waals surface area contributed by atoms with Gasteiger partial charge in [0.1, 0.15) is 11.3 Å². The zero-order valence-electron chi connectivity index (χ0n) is 9.85. The van der Waals surface area contributed by atoms with E-state index in [0.717, 1.165) is 0 Å². The van der Waals surface area contributed by atoms with Crippen molar-refractivity contribution in [2.24, 2.45) is 0 Å². The number of benzene rings is 1. The summed E-state index contributed by atoms with van der Waals surface area (Å²) in [5.74, 6) is -3.28.